The second-order valence-electron chi connectivity index (χ2n) is 7.55. The highest BCUT2D eigenvalue weighted by atomic mass is 79.9. The van der Waals surface area contributed by atoms with E-state index < -0.39 is 0 Å². The van der Waals surface area contributed by atoms with Crippen molar-refractivity contribution in [3.05, 3.63) is 116 Å². The Labute approximate surface area is 202 Å². The number of rotatable bonds is 4. The molecule has 4 aromatic carbocycles. The van der Waals surface area contributed by atoms with E-state index in [4.69, 9.17) is 4.74 Å². The van der Waals surface area contributed by atoms with E-state index in [1.807, 2.05) is 24.3 Å². The van der Waals surface area contributed by atoms with Crippen molar-refractivity contribution in [2.45, 2.75) is 6.61 Å². The van der Waals surface area contributed by atoms with Crippen molar-refractivity contribution in [3.8, 4) is 5.75 Å². The third kappa shape index (κ3) is 3.83. The van der Waals surface area contributed by atoms with E-state index in [2.05, 4.69) is 62.2 Å². The number of ketones is 2. The van der Waals surface area contributed by atoms with Crippen LogP contribution in [0.25, 0.3) is 16.8 Å². The standard InChI is InChI=1S/C27H16Br2O3/c28-23-13-17(12-22-25(30)20-7-3-4-8-21(20)26(22)31)14-24(29)27(23)32-15-16-9-10-18-5-1-2-6-19(18)11-16/h1-14H,15H2. The van der Waals surface area contributed by atoms with Crippen LogP contribution in [-0.2, 0) is 6.61 Å². The van der Waals surface area contributed by atoms with Crippen LogP contribution in [0, 0.1) is 0 Å². The van der Waals surface area contributed by atoms with Crippen molar-refractivity contribution in [2.75, 3.05) is 0 Å². The van der Waals surface area contributed by atoms with E-state index in [9.17, 15) is 9.59 Å². The Bertz CT molecular complexity index is 1380. The van der Waals surface area contributed by atoms with E-state index in [1.165, 1.54) is 10.8 Å². The fraction of sp³-hybridized carbons (Fsp3) is 0.0370. The Morgan fingerprint density at radius 2 is 1.31 bits per heavy atom. The van der Waals surface area contributed by atoms with Crippen LogP contribution in [0.4, 0.5) is 0 Å². The zero-order chi connectivity index (χ0) is 22.2. The number of carbonyl (C=O) groups excluding carboxylic acids is 2. The summed E-state index contributed by atoms with van der Waals surface area (Å²) in [7, 11) is 0. The van der Waals surface area contributed by atoms with Crippen LogP contribution in [0.5, 0.6) is 5.75 Å². The predicted molar refractivity (Wildman–Crippen MR) is 133 cm³/mol. The maximum absolute atomic E-state index is 12.7. The number of hydrogen-bond donors (Lipinski definition) is 0. The first-order valence-electron chi connectivity index (χ1n) is 10.0. The quantitative estimate of drug-likeness (QED) is 0.197. The average molecular weight is 548 g/mol. The molecule has 0 amide bonds. The fourth-order valence-electron chi connectivity index (χ4n) is 3.85. The molecule has 0 N–H and O–H groups in total. The van der Waals surface area contributed by atoms with Crippen LogP contribution < -0.4 is 4.74 Å². The lowest BCUT2D eigenvalue weighted by molar-refractivity contribution is 0.0990. The first kappa shape index (κ1) is 20.9. The maximum atomic E-state index is 12.7. The van der Waals surface area contributed by atoms with Gasteiger partial charge in [0.2, 0.25) is 0 Å². The van der Waals surface area contributed by atoms with Crippen LogP contribution in [0.1, 0.15) is 31.8 Å². The van der Waals surface area contributed by atoms with Gasteiger partial charge in [-0.05, 0) is 78.0 Å². The molecule has 0 fully saturated rings. The lowest BCUT2D eigenvalue weighted by atomic mass is 10.1. The van der Waals surface area contributed by atoms with E-state index >= 15 is 0 Å². The monoisotopic (exact) mass is 546 g/mol. The van der Waals surface area contributed by atoms with Gasteiger partial charge in [0.05, 0.1) is 14.5 Å². The predicted octanol–water partition coefficient (Wildman–Crippen LogP) is 7.41. The lowest BCUT2D eigenvalue weighted by Gasteiger charge is -2.12. The maximum Gasteiger partial charge on any atom is 0.197 e. The second-order valence-corrected chi connectivity index (χ2v) is 9.25. The summed E-state index contributed by atoms with van der Waals surface area (Å²) in [5.74, 6) is 0.177. The molecule has 1 aliphatic rings. The normalized spacial score (nSPS) is 12.9. The molecule has 0 saturated heterocycles. The third-order valence-corrected chi connectivity index (χ3v) is 6.61. The molecule has 0 unspecified atom stereocenters. The van der Waals surface area contributed by atoms with Gasteiger partial charge < -0.3 is 4.74 Å². The molecule has 0 bridgehead atoms. The minimum Gasteiger partial charge on any atom is -0.487 e. The summed E-state index contributed by atoms with van der Waals surface area (Å²) < 4.78 is 7.53. The van der Waals surface area contributed by atoms with Crippen LogP contribution >= 0.6 is 31.9 Å². The van der Waals surface area contributed by atoms with E-state index in [0.29, 0.717) is 23.5 Å². The van der Waals surface area contributed by atoms with E-state index in [0.717, 1.165) is 20.1 Å². The zero-order valence-corrected chi connectivity index (χ0v) is 19.9. The lowest BCUT2D eigenvalue weighted by Crippen LogP contribution is -2.01. The number of benzene rings is 4. The Morgan fingerprint density at radius 3 is 1.97 bits per heavy atom. The number of fused-ring (bicyclic) bond motifs is 2. The molecule has 0 spiro atoms. The fourth-order valence-corrected chi connectivity index (χ4v) is 5.31. The second kappa shape index (κ2) is 8.49. The third-order valence-electron chi connectivity index (χ3n) is 5.43. The number of halogens is 2. The van der Waals surface area contributed by atoms with Crippen LogP contribution in [0.15, 0.2) is 93.4 Å². The number of Topliss-reactive ketones (excluding diaryl/α,β-unsaturated/α-hetero) is 2. The van der Waals surface area contributed by atoms with Gasteiger partial charge in [-0.25, -0.2) is 0 Å². The van der Waals surface area contributed by atoms with Crippen molar-refractivity contribution in [2.24, 2.45) is 0 Å². The minimum absolute atomic E-state index is 0.176. The van der Waals surface area contributed by atoms with Gasteiger partial charge in [0.1, 0.15) is 12.4 Å². The van der Waals surface area contributed by atoms with Gasteiger partial charge in [0.25, 0.3) is 0 Å². The number of allylic oxidation sites excluding steroid dienone is 1. The first-order chi connectivity index (χ1) is 15.5. The summed E-state index contributed by atoms with van der Waals surface area (Å²) in [5.41, 5.74) is 2.88. The largest absolute Gasteiger partial charge is 0.487 e. The molecular weight excluding hydrogens is 532 g/mol. The molecule has 0 aliphatic heterocycles. The highest BCUT2D eigenvalue weighted by molar-refractivity contribution is 9.11. The molecular formula is C27H16Br2O3. The molecule has 0 saturated carbocycles. The first-order valence-corrected chi connectivity index (χ1v) is 11.6. The van der Waals surface area contributed by atoms with Gasteiger partial charge in [-0.3, -0.25) is 9.59 Å². The molecule has 3 nitrogen and oxygen atoms in total. The Balaban J connectivity index is 1.39. The van der Waals surface area contributed by atoms with Crippen LogP contribution in [-0.4, -0.2) is 11.6 Å². The molecule has 5 rings (SSSR count). The minimum atomic E-state index is -0.241. The molecule has 0 radical (unpaired) electrons. The van der Waals surface area contributed by atoms with Gasteiger partial charge in [0, 0.05) is 11.1 Å². The number of hydrogen-bond acceptors (Lipinski definition) is 3. The van der Waals surface area contributed by atoms with Gasteiger partial charge in [-0.1, -0.05) is 60.7 Å². The van der Waals surface area contributed by atoms with Gasteiger partial charge in [-0.15, -0.1) is 0 Å². The molecule has 32 heavy (non-hydrogen) atoms. The van der Waals surface area contributed by atoms with Crippen molar-refractivity contribution in [1.82, 2.24) is 0 Å². The van der Waals surface area contributed by atoms with Crippen LogP contribution in [0.2, 0.25) is 0 Å². The van der Waals surface area contributed by atoms with Crippen molar-refractivity contribution in [3.63, 3.8) is 0 Å². The molecule has 5 heteroatoms. The van der Waals surface area contributed by atoms with Crippen molar-refractivity contribution < 1.29 is 14.3 Å². The molecule has 156 valence electrons. The van der Waals surface area contributed by atoms with E-state index in [-0.39, 0.29) is 17.1 Å². The molecule has 4 aromatic rings. The van der Waals surface area contributed by atoms with Crippen molar-refractivity contribution in [1.29, 1.82) is 0 Å². The average Bonchev–Trinajstić information content (AvgIpc) is 3.03. The number of carbonyl (C=O) groups is 2. The Morgan fingerprint density at radius 1 is 0.719 bits per heavy atom. The highest BCUT2D eigenvalue weighted by Gasteiger charge is 2.32. The van der Waals surface area contributed by atoms with Crippen LogP contribution in [0.3, 0.4) is 0 Å². The Hall–Kier alpha value is -3.02. The summed E-state index contributed by atoms with van der Waals surface area (Å²) in [6.45, 7) is 0.411. The molecule has 0 atom stereocenters. The highest BCUT2D eigenvalue weighted by Crippen LogP contribution is 2.37. The van der Waals surface area contributed by atoms with E-state index in [1.54, 1.807) is 30.3 Å². The summed E-state index contributed by atoms with van der Waals surface area (Å²) in [6.07, 6.45) is 1.63. The summed E-state index contributed by atoms with van der Waals surface area (Å²) >= 11 is 7.13. The summed E-state index contributed by atoms with van der Waals surface area (Å²) in [5, 5.41) is 2.36. The molecule has 0 heterocycles. The van der Waals surface area contributed by atoms with Gasteiger partial charge in [-0.2, -0.15) is 0 Å². The van der Waals surface area contributed by atoms with Gasteiger partial charge in [0.15, 0.2) is 11.6 Å². The SMILES string of the molecule is O=C1C(=Cc2cc(Br)c(OCc3ccc4ccccc4c3)c(Br)c2)C(=O)c2ccccc21. The summed E-state index contributed by atoms with van der Waals surface area (Å²) in [6, 6.07) is 25.1. The summed E-state index contributed by atoms with van der Waals surface area (Å²) in [4.78, 5) is 25.3. The molecule has 1 aliphatic carbocycles. The number of ether oxygens (including phenoxy) is 1. The van der Waals surface area contributed by atoms with Crippen molar-refractivity contribution >= 4 is 60.3 Å². The van der Waals surface area contributed by atoms with Gasteiger partial charge >= 0.3 is 0 Å². The smallest absolute Gasteiger partial charge is 0.197 e. The topological polar surface area (TPSA) is 43.4 Å². The molecule has 0 aromatic heterocycles. The zero-order valence-electron chi connectivity index (χ0n) is 16.8. The Kier molecular flexibility index (Phi) is 5.53.